The third-order valence-electron chi connectivity index (χ3n) is 7.50. The monoisotopic (exact) mass is 575 g/mol. The molecule has 0 aliphatic heterocycles. The zero-order chi connectivity index (χ0) is 25.0. The first kappa shape index (κ1) is 25.3. The fourth-order valence-electron chi connectivity index (χ4n) is 5.56. The van der Waals surface area contributed by atoms with E-state index in [4.69, 9.17) is 11.6 Å². The number of fused-ring (bicyclic) bond motifs is 1. The fourth-order valence-corrected chi connectivity index (χ4v) is 13.5. The fraction of sp³-hybridized carbons (Fsp3) is 0.188. The van der Waals surface area contributed by atoms with Crippen LogP contribution in [0.25, 0.3) is 10.9 Å². The van der Waals surface area contributed by atoms with Crippen molar-refractivity contribution in [3.8, 4) is 0 Å². The Balaban J connectivity index is 1.42. The summed E-state index contributed by atoms with van der Waals surface area (Å²) in [5.41, 5.74) is 2.62. The van der Waals surface area contributed by atoms with Crippen molar-refractivity contribution in [1.29, 1.82) is 0 Å². The van der Waals surface area contributed by atoms with E-state index in [9.17, 15) is 0 Å². The summed E-state index contributed by atoms with van der Waals surface area (Å²) in [5, 5.41) is 3.39. The molecule has 0 aliphatic carbocycles. The zero-order valence-electron chi connectivity index (χ0n) is 20.7. The van der Waals surface area contributed by atoms with Crippen molar-refractivity contribution in [3.05, 3.63) is 126 Å². The second-order valence-electron chi connectivity index (χ2n) is 9.62. The van der Waals surface area contributed by atoms with Crippen LogP contribution >= 0.6 is 32.4 Å². The molecule has 184 valence electrons. The van der Waals surface area contributed by atoms with E-state index in [2.05, 4.69) is 136 Å². The van der Waals surface area contributed by atoms with E-state index in [-0.39, 0.29) is 0 Å². The van der Waals surface area contributed by atoms with Crippen molar-refractivity contribution in [2.75, 3.05) is 6.16 Å². The van der Waals surface area contributed by atoms with E-state index in [1.165, 1.54) is 38.9 Å². The first-order valence-electron chi connectivity index (χ1n) is 12.6. The van der Waals surface area contributed by atoms with Crippen LogP contribution in [0.5, 0.6) is 0 Å². The molecule has 0 aliphatic rings. The second-order valence-corrected chi connectivity index (χ2v) is 19.1. The summed E-state index contributed by atoms with van der Waals surface area (Å²) in [6.45, 7) is 0. The molecule has 0 fully saturated rings. The van der Waals surface area contributed by atoms with E-state index >= 15 is 0 Å². The summed E-state index contributed by atoms with van der Waals surface area (Å²) in [5.74, 6) is 0. The molecule has 0 unspecified atom stereocenters. The van der Waals surface area contributed by atoms with Crippen molar-refractivity contribution in [3.63, 3.8) is 0 Å². The third-order valence-corrected chi connectivity index (χ3v) is 17.8. The number of aromatic nitrogens is 1. The van der Waals surface area contributed by atoms with Gasteiger partial charge in [0, 0.05) is 0 Å². The Morgan fingerprint density at radius 1 is 0.667 bits per heavy atom. The van der Waals surface area contributed by atoms with Crippen LogP contribution in [0.15, 0.2) is 115 Å². The van der Waals surface area contributed by atoms with Crippen molar-refractivity contribution in [2.24, 2.45) is 7.05 Å². The van der Waals surface area contributed by atoms with Gasteiger partial charge in [-0.1, -0.05) is 0 Å². The molecule has 0 N–H and O–H groups in total. The molecule has 5 rings (SSSR count). The standard InChI is InChI=1S/C32H32BrClNP/c1-35-28(25-26-24-27(34)21-22-32(26)35)14-6-5-13-23-36(33,29-15-7-2-8-16-29,30-17-9-3-10-18-30)31-19-11-4-12-20-31/h2-4,7-12,15-22,24-25H,5-6,13-14,23H2,1H3. The molecule has 0 spiro atoms. The van der Waals surface area contributed by atoms with Crippen LogP contribution in [0.2, 0.25) is 5.02 Å². The molecule has 1 heterocycles. The van der Waals surface area contributed by atoms with Crippen molar-refractivity contribution in [2.45, 2.75) is 25.7 Å². The van der Waals surface area contributed by atoms with Gasteiger partial charge in [-0.05, 0) is 0 Å². The maximum absolute atomic E-state index is 6.22. The van der Waals surface area contributed by atoms with Crippen molar-refractivity contribution >= 4 is 59.2 Å². The number of nitrogens with zero attached hydrogens (tertiary/aromatic N) is 1. The van der Waals surface area contributed by atoms with E-state index in [0.29, 0.717) is 0 Å². The van der Waals surface area contributed by atoms with E-state index in [0.717, 1.165) is 30.4 Å². The van der Waals surface area contributed by atoms with E-state index < -0.39 is 5.31 Å². The Bertz CT molecular complexity index is 1350. The second kappa shape index (κ2) is 10.5. The molecule has 0 amide bonds. The van der Waals surface area contributed by atoms with Crippen molar-refractivity contribution < 1.29 is 0 Å². The first-order chi connectivity index (χ1) is 17.5. The minimum absolute atomic E-state index is 0.797. The molecule has 36 heavy (non-hydrogen) atoms. The van der Waals surface area contributed by atoms with E-state index in [1.54, 1.807) is 0 Å². The Kier molecular flexibility index (Phi) is 7.40. The molecule has 0 bridgehead atoms. The van der Waals surface area contributed by atoms with Gasteiger partial charge in [0.15, 0.2) is 0 Å². The van der Waals surface area contributed by atoms with Gasteiger partial charge < -0.3 is 0 Å². The molecule has 0 atom stereocenters. The number of hydrogen-bond donors (Lipinski definition) is 0. The number of hydrogen-bond acceptors (Lipinski definition) is 0. The zero-order valence-corrected chi connectivity index (χ0v) is 23.9. The number of rotatable bonds is 9. The summed E-state index contributed by atoms with van der Waals surface area (Å²) in [6.07, 6.45) is 5.66. The minimum atomic E-state index is -2.82. The Morgan fingerprint density at radius 3 is 1.72 bits per heavy atom. The van der Waals surface area contributed by atoms with Gasteiger partial charge in [-0.25, -0.2) is 0 Å². The Labute approximate surface area is 227 Å². The molecule has 1 aromatic heterocycles. The van der Waals surface area contributed by atoms with Gasteiger partial charge in [0.25, 0.3) is 0 Å². The predicted octanol–water partition coefficient (Wildman–Crippen LogP) is 8.38. The average molecular weight is 577 g/mol. The molecule has 5 aromatic rings. The normalized spacial score (nSPS) is 12.9. The van der Waals surface area contributed by atoms with E-state index in [1.807, 2.05) is 6.07 Å². The quantitative estimate of drug-likeness (QED) is 0.123. The third kappa shape index (κ3) is 4.56. The van der Waals surface area contributed by atoms with Gasteiger partial charge in [0.1, 0.15) is 0 Å². The van der Waals surface area contributed by atoms with Gasteiger partial charge >= 0.3 is 229 Å². The molecule has 4 aromatic carbocycles. The van der Waals surface area contributed by atoms with Crippen molar-refractivity contribution in [1.82, 2.24) is 4.57 Å². The van der Waals surface area contributed by atoms with Gasteiger partial charge in [-0.2, -0.15) is 0 Å². The van der Waals surface area contributed by atoms with Gasteiger partial charge in [0.2, 0.25) is 0 Å². The molecular formula is C32H32BrClNP. The number of aryl methyl sites for hydroxylation is 2. The van der Waals surface area contributed by atoms with Crippen LogP contribution in [-0.2, 0) is 13.5 Å². The van der Waals surface area contributed by atoms with Gasteiger partial charge in [-0.3, -0.25) is 0 Å². The molecule has 1 nitrogen and oxygen atoms in total. The summed E-state index contributed by atoms with van der Waals surface area (Å²) in [4.78, 5) is 0. The van der Waals surface area contributed by atoms with Crippen LogP contribution < -0.4 is 15.9 Å². The van der Waals surface area contributed by atoms with Crippen LogP contribution in [0, 0.1) is 0 Å². The number of unbranched alkanes of at least 4 members (excludes halogenated alkanes) is 2. The van der Waals surface area contributed by atoms with Gasteiger partial charge in [0.05, 0.1) is 0 Å². The summed E-state index contributed by atoms with van der Waals surface area (Å²) < 4.78 is 2.31. The number of benzene rings is 4. The van der Waals surface area contributed by atoms with Crippen LogP contribution in [-0.4, -0.2) is 10.7 Å². The SMILES string of the molecule is Cn1c(CCCCCP(Br)(c2ccccc2)(c2ccccc2)c2ccccc2)cc2cc(Cl)ccc21. The molecule has 0 saturated heterocycles. The molecule has 0 radical (unpaired) electrons. The molecular weight excluding hydrogens is 545 g/mol. The summed E-state index contributed by atoms with van der Waals surface area (Å²) >= 11 is 10.8. The van der Waals surface area contributed by atoms with Crippen LogP contribution in [0.1, 0.15) is 25.0 Å². The van der Waals surface area contributed by atoms with Crippen LogP contribution in [0.3, 0.4) is 0 Å². The van der Waals surface area contributed by atoms with Gasteiger partial charge in [-0.15, -0.1) is 0 Å². The molecule has 4 heteroatoms. The van der Waals surface area contributed by atoms with Crippen LogP contribution in [0.4, 0.5) is 0 Å². The Morgan fingerprint density at radius 2 is 1.19 bits per heavy atom. The topological polar surface area (TPSA) is 4.93 Å². The summed E-state index contributed by atoms with van der Waals surface area (Å²) in [7, 11) is 2.16. The Hall–Kier alpha value is -2.38. The average Bonchev–Trinajstić information content (AvgIpc) is 3.24. The predicted molar refractivity (Wildman–Crippen MR) is 164 cm³/mol. The molecule has 0 saturated carbocycles. The summed E-state index contributed by atoms with van der Waals surface area (Å²) in [6, 6.07) is 41.7. The first-order valence-corrected chi connectivity index (χ1v) is 17.5. The maximum atomic E-state index is 6.22. The number of halogens is 2.